The van der Waals surface area contributed by atoms with Crippen LogP contribution < -0.4 is 5.73 Å². The van der Waals surface area contributed by atoms with Crippen molar-refractivity contribution in [3.63, 3.8) is 0 Å². The number of hydrogen-bond donors (Lipinski definition) is 2. The molecule has 0 aliphatic rings. The van der Waals surface area contributed by atoms with Crippen molar-refractivity contribution in [1.82, 2.24) is 0 Å². The van der Waals surface area contributed by atoms with E-state index in [9.17, 15) is 13.2 Å². The molecule has 0 aromatic carbocycles. The molecule has 0 bridgehead atoms. The minimum Gasteiger partial charge on any atom is -0.370 e. The molecular weight excluding hydrogens is 206 g/mol. The second kappa shape index (κ2) is 5.98. The van der Waals surface area contributed by atoms with Gasteiger partial charge in [-0.2, -0.15) is 8.42 Å². The molecule has 0 aliphatic carbocycles. The molecule has 0 rings (SSSR count). The summed E-state index contributed by atoms with van der Waals surface area (Å²) in [6.07, 6.45) is 2.04. The number of amides is 1. The van der Waals surface area contributed by atoms with Gasteiger partial charge in [-0.05, 0) is 12.8 Å². The summed E-state index contributed by atoms with van der Waals surface area (Å²) >= 11 is 0. The second-order valence-electron chi connectivity index (χ2n) is 3.28. The van der Waals surface area contributed by atoms with Gasteiger partial charge in [-0.25, -0.2) is 0 Å². The first-order chi connectivity index (χ1) is 6.38. The van der Waals surface area contributed by atoms with Gasteiger partial charge in [-0.3, -0.25) is 9.35 Å². The van der Waals surface area contributed by atoms with Crippen LogP contribution in [0, 0.1) is 0 Å². The summed E-state index contributed by atoms with van der Waals surface area (Å²) < 4.78 is 30.5. The van der Waals surface area contributed by atoms with E-state index in [1.165, 1.54) is 0 Å². The molecule has 0 aromatic heterocycles. The number of primary amides is 1. The Morgan fingerprint density at radius 1 is 1.43 bits per heavy atom. The molecule has 0 aromatic rings. The minimum atomic E-state index is -4.04. The number of unbranched alkanes of at least 4 members (excludes halogenated alkanes) is 1. The van der Waals surface area contributed by atoms with Crippen LogP contribution in [0.4, 0.5) is 0 Å². The van der Waals surface area contributed by atoms with Crippen molar-refractivity contribution in [2.45, 2.75) is 44.3 Å². The van der Waals surface area contributed by atoms with Crippen molar-refractivity contribution in [1.29, 1.82) is 0 Å². The number of carbonyl (C=O) groups excluding carboxylic acids is 1. The minimum absolute atomic E-state index is 0.00578. The molecule has 84 valence electrons. The van der Waals surface area contributed by atoms with Crippen LogP contribution in [0.3, 0.4) is 0 Å². The summed E-state index contributed by atoms with van der Waals surface area (Å²) in [5, 5.41) is -0.852. The first-order valence-electron chi connectivity index (χ1n) is 4.62. The summed E-state index contributed by atoms with van der Waals surface area (Å²) in [6, 6.07) is 0. The topological polar surface area (TPSA) is 97.5 Å². The molecule has 1 unspecified atom stereocenters. The third-order valence-corrected chi connectivity index (χ3v) is 3.33. The van der Waals surface area contributed by atoms with E-state index in [-0.39, 0.29) is 12.8 Å². The highest BCUT2D eigenvalue weighted by molar-refractivity contribution is 7.86. The van der Waals surface area contributed by atoms with Crippen molar-refractivity contribution in [2.24, 2.45) is 5.73 Å². The molecule has 3 N–H and O–H groups in total. The quantitative estimate of drug-likeness (QED) is 0.621. The monoisotopic (exact) mass is 223 g/mol. The summed E-state index contributed by atoms with van der Waals surface area (Å²) in [6.45, 7) is 1.93. The molecule has 0 radical (unpaired) electrons. The van der Waals surface area contributed by atoms with Gasteiger partial charge in [0.05, 0.1) is 5.25 Å². The van der Waals surface area contributed by atoms with Crippen molar-refractivity contribution in [2.75, 3.05) is 0 Å². The molecule has 0 spiro atoms. The van der Waals surface area contributed by atoms with Gasteiger partial charge in [0.25, 0.3) is 10.1 Å². The van der Waals surface area contributed by atoms with Crippen molar-refractivity contribution in [3.8, 4) is 0 Å². The van der Waals surface area contributed by atoms with Gasteiger partial charge in [-0.15, -0.1) is 0 Å². The fraction of sp³-hybridized carbons (Fsp3) is 0.875. The molecule has 0 heterocycles. The van der Waals surface area contributed by atoms with E-state index in [1.54, 1.807) is 0 Å². The van der Waals surface area contributed by atoms with Gasteiger partial charge >= 0.3 is 0 Å². The number of hydrogen-bond acceptors (Lipinski definition) is 3. The van der Waals surface area contributed by atoms with Crippen LogP contribution in [0.25, 0.3) is 0 Å². The van der Waals surface area contributed by atoms with Gasteiger partial charge < -0.3 is 5.73 Å². The Hall–Kier alpha value is -0.620. The van der Waals surface area contributed by atoms with E-state index in [0.29, 0.717) is 12.8 Å². The summed E-state index contributed by atoms with van der Waals surface area (Å²) in [5.74, 6) is -0.546. The Balaban J connectivity index is 4.19. The SMILES string of the molecule is CCCCC(CCC(N)=O)S(=O)(=O)O. The van der Waals surface area contributed by atoms with Crippen LogP contribution in [0.5, 0.6) is 0 Å². The second-order valence-corrected chi connectivity index (χ2v) is 4.98. The highest BCUT2D eigenvalue weighted by Gasteiger charge is 2.22. The van der Waals surface area contributed by atoms with E-state index in [4.69, 9.17) is 10.3 Å². The fourth-order valence-electron chi connectivity index (χ4n) is 1.18. The van der Waals surface area contributed by atoms with E-state index >= 15 is 0 Å². The van der Waals surface area contributed by atoms with Crippen LogP contribution in [0.2, 0.25) is 0 Å². The molecule has 0 saturated carbocycles. The van der Waals surface area contributed by atoms with Crippen LogP contribution in [0.1, 0.15) is 39.0 Å². The molecule has 0 fully saturated rings. The maximum atomic E-state index is 10.9. The third kappa shape index (κ3) is 5.93. The lowest BCUT2D eigenvalue weighted by Gasteiger charge is -2.11. The van der Waals surface area contributed by atoms with Gasteiger partial charge in [-0.1, -0.05) is 19.8 Å². The lowest BCUT2D eigenvalue weighted by Crippen LogP contribution is -2.23. The Bertz CT molecular complexity index is 273. The normalized spacial score (nSPS) is 13.9. The van der Waals surface area contributed by atoms with Crippen LogP contribution >= 0.6 is 0 Å². The fourth-order valence-corrected chi connectivity index (χ4v) is 2.06. The van der Waals surface area contributed by atoms with E-state index in [0.717, 1.165) is 6.42 Å². The molecule has 0 aliphatic heterocycles. The Morgan fingerprint density at radius 2 is 2.00 bits per heavy atom. The third-order valence-electron chi connectivity index (χ3n) is 2.01. The zero-order valence-corrected chi connectivity index (χ0v) is 9.09. The Morgan fingerprint density at radius 3 is 2.36 bits per heavy atom. The van der Waals surface area contributed by atoms with Crippen molar-refractivity contribution < 1.29 is 17.8 Å². The highest BCUT2D eigenvalue weighted by Crippen LogP contribution is 2.14. The molecular formula is C8H17NO4S. The maximum Gasteiger partial charge on any atom is 0.267 e. The summed E-state index contributed by atoms with van der Waals surface area (Å²) in [4.78, 5) is 10.5. The average molecular weight is 223 g/mol. The van der Waals surface area contributed by atoms with Gasteiger partial charge in [0.1, 0.15) is 0 Å². The van der Waals surface area contributed by atoms with E-state index < -0.39 is 21.3 Å². The van der Waals surface area contributed by atoms with Crippen molar-refractivity contribution in [3.05, 3.63) is 0 Å². The number of carbonyl (C=O) groups is 1. The molecule has 5 nitrogen and oxygen atoms in total. The Kier molecular flexibility index (Phi) is 5.71. The predicted octanol–water partition coefficient (Wildman–Crippen LogP) is 0.699. The molecule has 0 saturated heterocycles. The van der Waals surface area contributed by atoms with Gasteiger partial charge in [0, 0.05) is 6.42 Å². The smallest absolute Gasteiger partial charge is 0.267 e. The first-order valence-corrected chi connectivity index (χ1v) is 6.12. The highest BCUT2D eigenvalue weighted by atomic mass is 32.2. The predicted molar refractivity (Wildman–Crippen MR) is 53.3 cm³/mol. The number of nitrogens with two attached hydrogens (primary N) is 1. The van der Waals surface area contributed by atoms with E-state index in [2.05, 4.69) is 0 Å². The zero-order valence-electron chi connectivity index (χ0n) is 8.27. The maximum absolute atomic E-state index is 10.9. The van der Waals surface area contributed by atoms with Gasteiger partial charge in [0.15, 0.2) is 0 Å². The lowest BCUT2D eigenvalue weighted by atomic mass is 10.1. The van der Waals surface area contributed by atoms with Crippen LogP contribution in [0.15, 0.2) is 0 Å². The van der Waals surface area contributed by atoms with Crippen LogP contribution in [-0.2, 0) is 14.9 Å². The van der Waals surface area contributed by atoms with Gasteiger partial charge in [0.2, 0.25) is 5.91 Å². The lowest BCUT2D eigenvalue weighted by molar-refractivity contribution is -0.118. The summed E-state index contributed by atoms with van der Waals surface area (Å²) in [7, 11) is -4.04. The molecule has 6 heteroatoms. The van der Waals surface area contributed by atoms with E-state index in [1.807, 2.05) is 6.92 Å². The van der Waals surface area contributed by atoms with Crippen molar-refractivity contribution >= 4 is 16.0 Å². The summed E-state index contributed by atoms with van der Waals surface area (Å²) in [5.41, 5.74) is 4.90. The Labute approximate surface area is 84.4 Å². The first kappa shape index (κ1) is 13.4. The largest absolute Gasteiger partial charge is 0.370 e. The number of rotatable bonds is 7. The zero-order chi connectivity index (χ0) is 11.2. The molecule has 14 heavy (non-hydrogen) atoms. The van der Waals surface area contributed by atoms with Crippen LogP contribution in [-0.4, -0.2) is 24.1 Å². The molecule has 1 atom stereocenters. The standard InChI is InChI=1S/C8H17NO4S/c1-2-3-4-7(14(11,12)13)5-6-8(9)10/h7H,2-6H2,1H3,(H2,9,10)(H,11,12,13). The molecule has 1 amide bonds. The average Bonchev–Trinajstić information content (AvgIpc) is 2.01.